The van der Waals surface area contributed by atoms with E-state index in [1.165, 1.54) is 5.56 Å². The van der Waals surface area contributed by atoms with Gasteiger partial charge in [-0.2, -0.15) is 0 Å². The van der Waals surface area contributed by atoms with Gasteiger partial charge in [-0.15, -0.1) is 0 Å². The predicted molar refractivity (Wildman–Crippen MR) is 64.8 cm³/mol. The van der Waals surface area contributed by atoms with Gasteiger partial charge in [-0.05, 0) is 38.8 Å². The first-order valence-electron chi connectivity index (χ1n) is 5.86. The molecule has 0 unspecified atom stereocenters. The molecule has 1 aliphatic rings. The third-order valence-electron chi connectivity index (χ3n) is 2.61. The van der Waals surface area contributed by atoms with Crippen LogP contribution < -0.4 is 5.32 Å². The summed E-state index contributed by atoms with van der Waals surface area (Å²) in [5.41, 5.74) is 1.84. The van der Waals surface area contributed by atoms with Crippen molar-refractivity contribution in [2.45, 2.75) is 45.3 Å². The van der Waals surface area contributed by atoms with Gasteiger partial charge in [-0.25, -0.2) is 4.79 Å². The molecular weight excluding hydrogens is 216 g/mol. The molecule has 1 aliphatic carbocycles. The molecule has 4 nitrogen and oxygen atoms in total. The Labute approximate surface area is 101 Å². The third kappa shape index (κ3) is 3.19. The van der Waals surface area contributed by atoms with E-state index in [4.69, 9.17) is 4.74 Å². The normalized spacial score (nSPS) is 18.6. The molecule has 17 heavy (non-hydrogen) atoms. The number of carbonyl (C=O) groups is 1. The third-order valence-corrected chi connectivity index (χ3v) is 2.61. The standard InChI is InChI=1S/C13H18N2O2/c1-13(2,3)17-12(16)15-10-7-9-5-4-6-14-11(9)8-10/h4-6,10H,7-8H2,1-3H3,(H,15,16)/t10-/m0/s1. The highest BCUT2D eigenvalue weighted by molar-refractivity contribution is 5.68. The molecule has 1 atom stereocenters. The Morgan fingerprint density at radius 3 is 2.88 bits per heavy atom. The summed E-state index contributed by atoms with van der Waals surface area (Å²) in [6.07, 6.45) is 3.06. The van der Waals surface area contributed by atoms with Crippen molar-refractivity contribution in [1.29, 1.82) is 0 Å². The van der Waals surface area contributed by atoms with Crippen LogP contribution in [0.15, 0.2) is 18.3 Å². The number of rotatable bonds is 1. The van der Waals surface area contributed by atoms with Crippen molar-refractivity contribution in [2.75, 3.05) is 0 Å². The van der Waals surface area contributed by atoms with Crippen molar-refractivity contribution < 1.29 is 9.53 Å². The molecule has 2 rings (SSSR count). The van der Waals surface area contributed by atoms with Crippen molar-refractivity contribution in [1.82, 2.24) is 10.3 Å². The second kappa shape index (κ2) is 4.35. The van der Waals surface area contributed by atoms with E-state index in [0.29, 0.717) is 0 Å². The van der Waals surface area contributed by atoms with Gasteiger partial charge < -0.3 is 10.1 Å². The topological polar surface area (TPSA) is 51.2 Å². The molecule has 0 saturated carbocycles. The van der Waals surface area contributed by atoms with Crippen LogP contribution in [0.4, 0.5) is 4.79 Å². The minimum Gasteiger partial charge on any atom is -0.444 e. The van der Waals surface area contributed by atoms with Gasteiger partial charge in [-0.3, -0.25) is 4.98 Å². The molecule has 92 valence electrons. The van der Waals surface area contributed by atoms with Crippen LogP contribution in [-0.4, -0.2) is 22.7 Å². The summed E-state index contributed by atoms with van der Waals surface area (Å²) < 4.78 is 5.23. The van der Waals surface area contributed by atoms with Crippen LogP contribution in [0.3, 0.4) is 0 Å². The fourth-order valence-corrected chi connectivity index (χ4v) is 1.99. The zero-order chi connectivity index (χ0) is 12.5. The van der Waals surface area contributed by atoms with E-state index >= 15 is 0 Å². The molecule has 0 radical (unpaired) electrons. The van der Waals surface area contributed by atoms with E-state index in [9.17, 15) is 4.79 Å². The number of hydrogen-bond donors (Lipinski definition) is 1. The Morgan fingerprint density at radius 1 is 1.47 bits per heavy atom. The van der Waals surface area contributed by atoms with Gasteiger partial charge in [0.2, 0.25) is 0 Å². The van der Waals surface area contributed by atoms with Crippen LogP contribution >= 0.6 is 0 Å². The van der Waals surface area contributed by atoms with E-state index in [2.05, 4.69) is 16.4 Å². The van der Waals surface area contributed by atoms with Crippen molar-refractivity contribution in [3.8, 4) is 0 Å². The first-order valence-corrected chi connectivity index (χ1v) is 5.86. The molecule has 1 heterocycles. The van der Waals surface area contributed by atoms with Crippen LogP contribution in [0, 0.1) is 0 Å². The molecule has 0 fully saturated rings. The van der Waals surface area contributed by atoms with Gasteiger partial charge in [0.05, 0.1) is 0 Å². The molecular formula is C13H18N2O2. The lowest BCUT2D eigenvalue weighted by atomic mass is 10.2. The number of nitrogens with zero attached hydrogens (tertiary/aromatic N) is 1. The Bertz CT molecular complexity index is 399. The van der Waals surface area contributed by atoms with Crippen molar-refractivity contribution >= 4 is 6.09 Å². The highest BCUT2D eigenvalue weighted by Crippen LogP contribution is 2.19. The Kier molecular flexibility index (Phi) is 3.05. The van der Waals surface area contributed by atoms with Gasteiger partial charge in [0.1, 0.15) is 5.60 Å². The van der Waals surface area contributed by atoms with Gasteiger partial charge in [0.15, 0.2) is 0 Å². The number of nitrogens with one attached hydrogen (secondary N) is 1. The monoisotopic (exact) mass is 234 g/mol. The molecule has 1 amide bonds. The summed E-state index contributed by atoms with van der Waals surface area (Å²) in [5, 5.41) is 2.88. The lowest BCUT2D eigenvalue weighted by Gasteiger charge is -2.21. The fourth-order valence-electron chi connectivity index (χ4n) is 1.99. The minimum atomic E-state index is -0.451. The maximum atomic E-state index is 11.6. The van der Waals surface area contributed by atoms with Crippen LogP contribution in [0.5, 0.6) is 0 Å². The van der Waals surface area contributed by atoms with Gasteiger partial charge in [-0.1, -0.05) is 6.07 Å². The Hall–Kier alpha value is -1.58. The number of fused-ring (bicyclic) bond motifs is 1. The molecule has 0 aromatic carbocycles. The zero-order valence-corrected chi connectivity index (χ0v) is 10.5. The van der Waals surface area contributed by atoms with Gasteiger partial charge in [0, 0.05) is 24.4 Å². The van der Waals surface area contributed by atoms with Crippen molar-refractivity contribution in [2.24, 2.45) is 0 Å². The summed E-state index contributed by atoms with van der Waals surface area (Å²) in [4.78, 5) is 15.9. The number of hydrogen-bond acceptors (Lipinski definition) is 3. The maximum absolute atomic E-state index is 11.6. The molecule has 1 aromatic heterocycles. The highest BCUT2D eigenvalue weighted by atomic mass is 16.6. The Morgan fingerprint density at radius 2 is 2.24 bits per heavy atom. The maximum Gasteiger partial charge on any atom is 0.407 e. The molecule has 0 spiro atoms. The van der Waals surface area contributed by atoms with E-state index < -0.39 is 5.60 Å². The lowest BCUT2D eigenvalue weighted by Crippen LogP contribution is -2.39. The Balaban J connectivity index is 1.90. The second-order valence-corrected chi connectivity index (χ2v) is 5.36. The minimum absolute atomic E-state index is 0.106. The smallest absolute Gasteiger partial charge is 0.407 e. The van der Waals surface area contributed by atoms with Crippen molar-refractivity contribution in [3.05, 3.63) is 29.6 Å². The number of aromatic nitrogens is 1. The molecule has 4 heteroatoms. The fraction of sp³-hybridized carbons (Fsp3) is 0.538. The van der Waals surface area contributed by atoms with E-state index in [0.717, 1.165) is 18.5 Å². The second-order valence-electron chi connectivity index (χ2n) is 5.36. The number of alkyl carbamates (subject to hydrolysis) is 1. The first-order chi connectivity index (χ1) is 7.94. The van der Waals surface area contributed by atoms with E-state index in [-0.39, 0.29) is 12.1 Å². The summed E-state index contributed by atoms with van der Waals surface area (Å²) >= 11 is 0. The van der Waals surface area contributed by atoms with Crippen LogP contribution in [0.25, 0.3) is 0 Å². The lowest BCUT2D eigenvalue weighted by molar-refractivity contribution is 0.0506. The number of amides is 1. The zero-order valence-electron chi connectivity index (χ0n) is 10.5. The highest BCUT2D eigenvalue weighted by Gasteiger charge is 2.25. The molecule has 1 N–H and O–H groups in total. The molecule has 0 bridgehead atoms. The first kappa shape index (κ1) is 11.9. The van der Waals surface area contributed by atoms with Gasteiger partial charge >= 0.3 is 6.09 Å². The summed E-state index contributed by atoms with van der Waals surface area (Å²) in [5.74, 6) is 0. The summed E-state index contributed by atoms with van der Waals surface area (Å²) in [6, 6.07) is 4.09. The SMILES string of the molecule is CC(C)(C)OC(=O)N[C@H]1Cc2cccnc2C1. The summed E-state index contributed by atoms with van der Waals surface area (Å²) in [6.45, 7) is 5.58. The predicted octanol–water partition coefficient (Wildman–Crippen LogP) is 2.07. The van der Waals surface area contributed by atoms with Crippen LogP contribution in [0.2, 0.25) is 0 Å². The largest absolute Gasteiger partial charge is 0.444 e. The van der Waals surface area contributed by atoms with E-state index in [1.807, 2.05) is 26.8 Å². The van der Waals surface area contributed by atoms with Crippen LogP contribution in [0.1, 0.15) is 32.0 Å². The number of carbonyl (C=O) groups excluding carboxylic acids is 1. The van der Waals surface area contributed by atoms with Gasteiger partial charge in [0.25, 0.3) is 0 Å². The molecule has 0 aliphatic heterocycles. The van der Waals surface area contributed by atoms with E-state index in [1.54, 1.807) is 6.20 Å². The van der Waals surface area contributed by atoms with Crippen LogP contribution in [-0.2, 0) is 17.6 Å². The summed E-state index contributed by atoms with van der Waals surface area (Å²) in [7, 11) is 0. The number of pyridine rings is 1. The quantitative estimate of drug-likeness (QED) is 0.809. The number of ether oxygens (including phenoxy) is 1. The molecule has 0 saturated heterocycles. The average molecular weight is 234 g/mol. The average Bonchev–Trinajstić information content (AvgIpc) is 2.55. The molecule has 1 aromatic rings. The van der Waals surface area contributed by atoms with Crippen molar-refractivity contribution in [3.63, 3.8) is 0 Å².